The second kappa shape index (κ2) is 14.8. The molecule has 3 N–H and O–H groups in total. The summed E-state index contributed by atoms with van der Waals surface area (Å²) in [5.74, 6) is -4.05. The largest absolute Gasteiger partial charge is 0.490 e. The van der Waals surface area contributed by atoms with Crippen LogP contribution in [0.5, 0.6) is 0 Å². The summed E-state index contributed by atoms with van der Waals surface area (Å²) < 4.78 is 63.5. The van der Waals surface area contributed by atoms with Gasteiger partial charge >= 0.3 is 24.3 Å². The average Bonchev–Trinajstić information content (AvgIpc) is 3.75. The van der Waals surface area contributed by atoms with E-state index in [2.05, 4.69) is 46.6 Å². The fraction of sp³-hybridized carbons (Fsp3) is 0.481. The van der Waals surface area contributed by atoms with E-state index in [-0.39, 0.29) is 5.91 Å². The zero-order valence-corrected chi connectivity index (χ0v) is 22.9. The van der Waals surface area contributed by atoms with Crippen molar-refractivity contribution in [1.82, 2.24) is 15.2 Å². The molecule has 0 unspecified atom stereocenters. The summed E-state index contributed by atoms with van der Waals surface area (Å²) in [4.78, 5) is 39.9. The molecule has 4 rings (SSSR count). The second-order valence-corrected chi connectivity index (χ2v) is 9.88. The number of amides is 1. The van der Waals surface area contributed by atoms with Crippen molar-refractivity contribution in [3.8, 4) is 0 Å². The van der Waals surface area contributed by atoms with Gasteiger partial charge in [0.15, 0.2) is 0 Å². The summed E-state index contributed by atoms with van der Waals surface area (Å²) in [6, 6.07) is 12.7. The van der Waals surface area contributed by atoms with Gasteiger partial charge in [0.2, 0.25) is 0 Å². The lowest BCUT2D eigenvalue weighted by Crippen LogP contribution is -2.28. The summed E-state index contributed by atoms with van der Waals surface area (Å²) in [7, 11) is 3.93. The van der Waals surface area contributed by atoms with Crippen LogP contribution >= 0.6 is 0 Å². The predicted octanol–water partition coefficient (Wildman–Crippen LogP) is 4.15. The van der Waals surface area contributed by atoms with E-state index in [0.717, 1.165) is 50.5 Å². The molecule has 2 aromatic rings. The van der Waals surface area contributed by atoms with Gasteiger partial charge in [-0.05, 0) is 42.4 Å². The van der Waals surface area contributed by atoms with E-state index in [0.29, 0.717) is 11.5 Å². The molecular weight excluding hydrogens is 574 g/mol. The number of hydrogen-bond donors (Lipinski definition) is 3. The maximum Gasteiger partial charge on any atom is 0.490 e. The summed E-state index contributed by atoms with van der Waals surface area (Å²) in [5.41, 5.74) is 4.41. The number of halogens is 6. The van der Waals surface area contributed by atoms with E-state index in [9.17, 15) is 31.1 Å². The first kappa shape index (κ1) is 34.3. The first-order valence-corrected chi connectivity index (χ1v) is 12.8. The minimum Gasteiger partial charge on any atom is -0.475 e. The molecule has 0 atom stereocenters. The first-order valence-electron chi connectivity index (χ1n) is 12.8. The van der Waals surface area contributed by atoms with Gasteiger partial charge in [0.1, 0.15) is 5.82 Å². The van der Waals surface area contributed by atoms with Crippen LogP contribution in [-0.4, -0.2) is 84.0 Å². The topological polar surface area (TPSA) is 123 Å². The molecule has 232 valence electrons. The van der Waals surface area contributed by atoms with E-state index in [1.54, 1.807) is 0 Å². The number of carboxylic acids is 2. The van der Waals surface area contributed by atoms with Gasteiger partial charge in [0.05, 0.1) is 5.56 Å². The highest BCUT2D eigenvalue weighted by atomic mass is 19.4. The number of nitrogens with one attached hydrogen (secondary N) is 1. The number of carbonyl (C=O) groups is 3. The van der Waals surface area contributed by atoms with Crippen LogP contribution in [0.25, 0.3) is 0 Å². The van der Waals surface area contributed by atoms with Crippen molar-refractivity contribution in [3.05, 3.63) is 58.8 Å². The quantitative estimate of drug-likeness (QED) is 0.420. The van der Waals surface area contributed by atoms with Crippen LogP contribution in [0.1, 0.15) is 40.0 Å². The molecule has 42 heavy (non-hydrogen) atoms. The highest BCUT2D eigenvalue weighted by Crippen LogP contribution is 2.28. The molecule has 1 fully saturated rings. The molecule has 1 aliphatic carbocycles. The number of nitrogens with zero attached hydrogens (tertiary/aromatic N) is 3. The SMILES string of the molecule is CN(C)c1nc2c(cc1C(=O)NCC1CC1)CCN(Cc1ccccc1)CC2.O=C(O)C(F)(F)F.O=C(O)C(F)(F)F. The van der Waals surface area contributed by atoms with Crippen molar-refractivity contribution in [3.63, 3.8) is 0 Å². The van der Waals surface area contributed by atoms with Crippen molar-refractivity contribution in [2.75, 3.05) is 38.6 Å². The Morgan fingerprint density at radius 2 is 1.48 bits per heavy atom. The van der Waals surface area contributed by atoms with Crippen LogP contribution in [0.2, 0.25) is 0 Å². The van der Waals surface area contributed by atoms with E-state index in [1.165, 1.54) is 24.0 Å². The van der Waals surface area contributed by atoms with E-state index < -0.39 is 24.3 Å². The van der Waals surface area contributed by atoms with Crippen LogP contribution in [0.4, 0.5) is 32.2 Å². The number of alkyl halides is 6. The van der Waals surface area contributed by atoms with Gasteiger partial charge in [-0.25, -0.2) is 14.6 Å². The van der Waals surface area contributed by atoms with Gasteiger partial charge in [-0.2, -0.15) is 26.3 Å². The number of benzene rings is 1. The van der Waals surface area contributed by atoms with E-state index in [4.69, 9.17) is 24.8 Å². The molecule has 0 radical (unpaired) electrons. The Bertz CT molecular complexity index is 1190. The van der Waals surface area contributed by atoms with E-state index >= 15 is 0 Å². The molecule has 0 bridgehead atoms. The van der Waals surface area contributed by atoms with E-state index in [1.807, 2.05) is 19.0 Å². The third-order valence-electron chi connectivity index (χ3n) is 6.18. The van der Waals surface area contributed by atoms with Crippen LogP contribution < -0.4 is 10.2 Å². The summed E-state index contributed by atoms with van der Waals surface area (Å²) in [6.07, 6.45) is -5.83. The third kappa shape index (κ3) is 11.5. The van der Waals surface area contributed by atoms with Crippen molar-refractivity contribution in [2.24, 2.45) is 5.92 Å². The number of carboxylic acid groups (broad SMARTS) is 2. The molecule has 1 saturated carbocycles. The predicted molar refractivity (Wildman–Crippen MR) is 140 cm³/mol. The van der Waals surface area contributed by atoms with Gasteiger partial charge in [-0.15, -0.1) is 0 Å². The Labute approximate surface area is 238 Å². The molecule has 0 spiro atoms. The Morgan fingerprint density at radius 3 is 1.95 bits per heavy atom. The number of rotatable bonds is 6. The number of fused-ring (bicyclic) bond motifs is 1. The number of carbonyl (C=O) groups excluding carboxylic acids is 1. The molecule has 1 aromatic heterocycles. The van der Waals surface area contributed by atoms with Gasteiger partial charge in [0.25, 0.3) is 5.91 Å². The molecule has 15 heteroatoms. The fourth-order valence-electron chi connectivity index (χ4n) is 3.83. The van der Waals surface area contributed by atoms with Crippen LogP contribution in [0.15, 0.2) is 36.4 Å². The van der Waals surface area contributed by atoms with Crippen molar-refractivity contribution >= 4 is 23.7 Å². The number of aromatic nitrogens is 1. The number of anilines is 1. The van der Waals surface area contributed by atoms with Gasteiger partial charge in [-0.3, -0.25) is 9.69 Å². The minimum atomic E-state index is -5.08. The molecule has 1 aliphatic heterocycles. The van der Waals surface area contributed by atoms with Crippen molar-refractivity contribution in [1.29, 1.82) is 0 Å². The lowest BCUT2D eigenvalue weighted by molar-refractivity contribution is -0.193. The molecule has 9 nitrogen and oxygen atoms in total. The molecule has 0 saturated heterocycles. The minimum absolute atomic E-state index is 0.0105. The van der Waals surface area contributed by atoms with Crippen molar-refractivity contribution < 1.29 is 50.9 Å². The van der Waals surface area contributed by atoms with Gasteiger partial charge in [0, 0.05) is 52.4 Å². The van der Waals surface area contributed by atoms with Crippen LogP contribution in [0.3, 0.4) is 0 Å². The maximum atomic E-state index is 12.8. The Morgan fingerprint density at radius 1 is 0.952 bits per heavy atom. The molecule has 2 heterocycles. The summed E-state index contributed by atoms with van der Waals surface area (Å²) in [5, 5.41) is 17.4. The normalized spacial score (nSPS) is 15.0. The Balaban J connectivity index is 0.000000367. The zero-order chi connectivity index (χ0) is 31.7. The van der Waals surface area contributed by atoms with Crippen LogP contribution in [-0.2, 0) is 29.0 Å². The van der Waals surface area contributed by atoms with Crippen LogP contribution in [0, 0.1) is 5.92 Å². The highest BCUT2D eigenvalue weighted by molar-refractivity contribution is 5.99. The summed E-state index contributed by atoms with van der Waals surface area (Å²) >= 11 is 0. The maximum absolute atomic E-state index is 12.8. The van der Waals surface area contributed by atoms with Crippen molar-refractivity contribution in [2.45, 2.75) is 44.6 Å². The first-order chi connectivity index (χ1) is 19.5. The smallest absolute Gasteiger partial charge is 0.475 e. The molecule has 1 amide bonds. The lowest BCUT2D eigenvalue weighted by Gasteiger charge is -2.19. The third-order valence-corrected chi connectivity index (χ3v) is 6.18. The lowest BCUT2D eigenvalue weighted by atomic mass is 10.0. The highest BCUT2D eigenvalue weighted by Gasteiger charge is 2.39. The van der Waals surface area contributed by atoms with Gasteiger partial charge in [-0.1, -0.05) is 30.3 Å². The average molecular weight is 607 g/mol. The Hall–Kier alpha value is -3.88. The monoisotopic (exact) mass is 606 g/mol. The Kier molecular flexibility index (Phi) is 12.1. The van der Waals surface area contributed by atoms with Gasteiger partial charge < -0.3 is 20.4 Å². The molecular formula is C27H32F6N4O5. The molecule has 1 aromatic carbocycles. The number of hydrogen-bond acceptors (Lipinski definition) is 6. The second-order valence-electron chi connectivity index (χ2n) is 9.88. The fourth-order valence-corrected chi connectivity index (χ4v) is 3.83. The standard InChI is InChI=1S/C23H30N4O.2C2HF3O2/c1-26(2)22-20(23(28)24-15-17-8-9-17)14-19-10-12-27(13-11-21(19)25-22)16-18-6-4-3-5-7-18;2*3-2(4,5)1(6)7/h3-7,14,17H,8-13,15-16H2,1-2H3,(H,24,28);2*(H,6,7). The molecule has 2 aliphatic rings. The number of aliphatic carboxylic acids is 2. The zero-order valence-electron chi connectivity index (χ0n) is 22.9. The number of pyridine rings is 1. The summed E-state index contributed by atoms with van der Waals surface area (Å²) in [6.45, 7) is 3.74.